The highest BCUT2D eigenvalue weighted by Crippen LogP contribution is 2.18. The molecule has 0 heterocycles. The summed E-state index contributed by atoms with van der Waals surface area (Å²) in [6, 6.07) is 0. The Bertz CT molecular complexity index is 164. The van der Waals surface area contributed by atoms with E-state index < -0.39 is 5.97 Å². The van der Waals surface area contributed by atoms with Gasteiger partial charge in [0.25, 0.3) is 0 Å². The highest BCUT2D eigenvalue weighted by Gasteiger charge is 2.11. The molecule has 0 saturated heterocycles. The maximum atomic E-state index is 10.8. The van der Waals surface area contributed by atoms with E-state index in [1.165, 1.54) is 19.3 Å². The third kappa shape index (κ3) is 8.46. The van der Waals surface area contributed by atoms with Gasteiger partial charge in [-0.25, -0.2) is 0 Å². The van der Waals surface area contributed by atoms with Gasteiger partial charge in [-0.05, 0) is 24.7 Å². The molecular weight excluding hydrogens is 188 g/mol. The molecule has 0 rings (SSSR count). The van der Waals surface area contributed by atoms with Crippen LogP contribution in [-0.2, 0) is 4.79 Å². The summed E-state index contributed by atoms with van der Waals surface area (Å²) in [5.74, 6) is -0.644. The molecule has 1 atom stereocenters. The molecule has 0 aromatic carbocycles. The normalized spacial score (nSPS) is 13.1. The molecule has 0 bridgehead atoms. The second kappa shape index (κ2) is 8.75. The van der Waals surface area contributed by atoms with Gasteiger partial charge < -0.3 is 9.90 Å². The lowest BCUT2D eigenvalue weighted by Gasteiger charge is -2.19. The van der Waals surface area contributed by atoms with Crippen molar-refractivity contribution in [2.24, 2.45) is 11.8 Å². The van der Waals surface area contributed by atoms with Crippen LogP contribution in [0.25, 0.3) is 0 Å². The number of hydrogen-bond acceptors (Lipinski definition) is 2. The molecule has 0 aliphatic rings. The van der Waals surface area contributed by atoms with Crippen LogP contribution < -0.4 is 5.11 Å². The number of carboxylic acids is 1. The average Bonchev–Trinajstić information content (AvgIpc) is 2.15. The quantitative estimate of drug-likeness (QED) is 0.552. The second-order valence-electron chi connectivity index (χ2n) is 4.85. The molecule has 1 unspecified atom stereocenters. The van der Waals surface area contributed by atoms with Crippen molar-refractivity contribution < 1.29 is 9.90 Å². The Morgan fingerprint density at radius 3 is 2.20 bits per heavy atom. The van der Waals surface area contributed by atoms with Gasteiger partial charge >= 0.3 is 0 Å². The SMILES string of the molecule is CCCCCCCC(CC(C)C)C(=O)[O-]. The fraction of sp³-hybridized carbons (Fsp3) is 0.923. The zero-order valence-electron chi connectivity index (χ0n) is 10.4. The van der Waals surface area contributed by atoms with Gasteiger partial charge in [-0.2, -0.15) is 0 Å². The van der Waals surface area contributed by atoms with E-state index >= 15 is 0 Å². The smallest absolute Gasteiger partial charge is 0.0445 e. The summed E-state index contributed by atoms with van der Waals surface area (Å²) in [7, 11) is 0. The van der Waals surface area contributed by atoms with Crippen molar-refractivity contribution in [2.45, 2.75) is 65.7 Å². The Labute approximate surface area is 94.1 Å². The van der Waals surface area contributed by atoms with E-state index in [1.807, 2.05) is 0 Å². The van der Waals surface area contributed by atoms with E-state index in [0.29, 0.717) is 5.92 Å². The zero-order valence-corrected chi connectivity index (χ0v) is 10.4. The highest BCUT2D eigenvalue weighted by atomic mass is 16.4. The number of hydrogen-bond donors (Lipinski definition) is 0. The van der Waals surface area contributed by atoms with E-state index in [9.17, 15) is 9.90 Å². The third-order valence-electron chi connectivity index (χ3n) is 2.75. The molecular formula is C13H25O2-. The minimum absolute atomic E-state index is 0.230. The first-order valence-corrected chi connectivity index (χ1v) is 6.28. The first kappa shape index (κ1) is 14.5. The van der Waals surface area contributed by atoms with Gasteiger partial charge in [0.15, 0.2) is 0 Å². The number of unbranched alkanes of at least 4 members (excludes halogenated alkanes) is 4. The first-order valence-electron chi connectivity index (χ1n) is 6.28. The van der Waals surface area contributed by atoms with Crippen LogP contribution in [0.4, 0.5) is 0 Å². The van der Waals surface area contributed by atoms with Crippen molar-refractivity contribution in [1.82, 2.24) is 0 Å². The monoisotopic (exact) mass is 213 g/mol. The number of carbonyl (C=O) groups is 1. The van der Waals surface area contributed by atoms with Crippen LogP contribution in [-0.4, -0.2) is 5.97 Å². The minimum Gasteiger partial charge on any atom is -0.550 e. The number of aliphatic carboxylic acids is 1. The molecule has 0 aliphatic carbocycles. The van der Waals surface area contributed by atoms with Gasteiger partial charge in [-0.15, -0.1) is 0 Å². The second-order valence-corrected chi connectivity index (χ2v) is 4.85. The van der Waals surface area contributed by atoms with Crippen LogP contribution in [0.15, 0.2) is 0 Å². The number of carboxylic acid groups (broad SMARTS) is 1. The molecule has 2 nitrogen and oxygen atoms in total. The van der Waals surface area contributed by atoms with Crippen LogP contribution in [0.5, 0.6) is 0 Å². The van der Waals surface area contributed by atoms with Crippen LogP contribution in [0.1, 0.15) is 65.7 Å². The fourth-order valence-corrected chi connectivity index (χ4v) is 1.90. The van der Waals surface area contributed by atoms with E-state index in [-0.39, 0.29) is 5.92 Å². The predicted octanol–water partition coefficient (Wildman–Crippen LogP) is 2.76. The van der Waals surface area contributed by atoms with Crippen LogP contribution in [0.3, 0.4) is 0 Å². The van der Waals surface area contributed by atoms with Gasteiger partial charge in [0.05, 0.1) is 0 Å². The van der Waals surface area contributed by atoms with Gasteiger partial charge in [0.1, 0.15) is 0 Å². The van der Waals surface area contributed by atoms with Crippen molar-refractivity contribution in [3.63, 3.8) is 0 Å². The Morgan fingerprint density at radius 2 is 1.73 bits per heavy atom. The molecule has 15 heavy (non-hydrogen) atoms. The Kier molecular flexibility index (Phi) is 8.44. The van der Waals surface area contributed by atoms with Crippen LogP contribution >= 0.6 is 0 Å². The lowest BCUT2D eigenvalue weighted by molar-refractivity contribution is -0.312. The molecule has 0 aliphatic heterocycles. The largest absolute Gasteiger partial charge is 0.550 e. The van der Waals surface area contributed by atoms with Gasteiger partial charge in [0, 0.05) is 5.97 Å². The Balaban J connectivity index is 3.62. The highest BCUT2D eigenvalue weighted by molar-refractivity contribution is 5.67. The fourth-order valence-electron chi connectivity index (χ4n) is 1.90. The summed E-state index contributed by atoms with van der Waals surface area (Å²) in [6.07, 6.45) is 7.48. The summed E-state index contributed by atoms with van der Waals surface area (Å²) in [4.78, 5) is 10.8. The van der Waals surface area contributed by atoms with Crippen LogP contribution in [0.2, 0.25) is 0 Å². The standard InChI is InChI=1S/C13H26O2/c1-4-5-6-7-8-9-12(13(14)15)10-11(2)3/h11-12H,4-10H2,1-3H3,(H,14,15)/p-1. The average molecular weight is 213 g/mol. The first-order chi connectivity index (χ1) is 7.07. The Hall–Kier alpha value is -0.530. The summed E-state index contributed by atoms with van der Waals surface area (Å²) >= 11 is 0. The summed E-state index contributed by atoms with van der Waals surface area (Å²) < 4.78 is 0. The molecule has 2 heteroatoms. The predicted molar refractivity (Wildman–Crippen MR) is 61.3 cm³/mol. The van der Waals surface area contributed by atoms with Crippen molar-refractivity contribution in [3.8, 4) is 0 Å². The topological polar surface area (TPSA) is 40.1 Å². The molecule has 0 aromatic rings. The summed E-state index contributed by atoms with van der Waals surface area (Å²) in [5, 5.41) is 10.8. The lowest BCUT2D eigenvalue weighted by atomic mass is 9.92. The van der Waals surface area contributed by atoms with Crippen LogP contribution in [0, 0.1) is 11.8 Å². The van der Waals surface area contributed by atoms with Gasteiger partial charge in [-0.1, -0.05) is 52.9 Å². The third-order valence-corrected chi connectivity index (χ3v) is 2.75. The number of carbonyl (C=O) groups excluding carboxylic acids is 1. The maximum absolute atomic E-state index is 10.8. The zero-order chi connectivity index (χ0) is 11.7. The summed E-state index contributed by atoms with van der Waals surface area (Å²) in [6.45, 7) is 6.31. The van der Waals surface area contributed by atoms with E-state index in [0.717, 1.165) is 25.7 Å². The molecule has 0 amide bonds. The van der Waals surface area contributed by atoms with Gasteiger partial charge in [-0.3, -0.25) is 0 Å². The molecule has 0 radical (unpaired) electrons. The van der Waals surface area contributed by atoms with E-state index in [4.69, 9.17) is 0 Å². The van der Waals surface area contributed by atoms with Crippen molar-refractivity contribution >= 4 is 5.97 Å². The lowest BCUT2D eigenvalue weighted by Crippen LogP contribution is -2.32. The minimum atomic E-state index is -0.862. The van der Waals surface area contributed by atoms with E-state index in [2.05, 4.69) is 20.8 Å². The van der Waals surface area contributed by atoms with Crippen molar-refractivity contribution in [3.05, 3.63) is 0 Å². The molecule has 0 N–H and O–H groups in total. The van der Waals surface area contributed by atoms with E-state index in [1.54, 1.807) is 0 Å². The maximum Gasteiger partial charge on any atom is 0.0445 e. The molecule has 0 saturated carbocycles. The number of rotatable bonds is 9. The molecule has 0 spiro atoms. The Morgan fingerprint density at radius 1 is 1.13 bits per heavy atom. The molecule has 0 aromatic heterocycles. The molecule has 0 fully saturated rings. The van der Waals surface area contributed by atoms with Crippen molar-refractivity contribution in [1.29, 1.82) is 0 Å². The summed E-state index contributed by atoms with van der Waals surface area (Å²) in [5.41, 5.74) is 0. The van der Waals surface area contributed by atoms with Gasteiger partial charge in [0.2, 0.25) is 0 Å². The van der Waals surface area contributed by atoms with Crippen molar-refractivity contribution in [2.75, 3.05) is 0 Å². The molecule has 90 valence electrons.